The molecule has 3 amide bonds. The minimum atomic E-state index is -0.997. The van der Waals surface area contributed by atoms with E-state index in [1.165, 1.54) is 0 Å². The Kier molecular flexibility index (Phi) is 7.90. The highest BCUT2D eigenvalue weighted by Gasteiger charge is 2.47. The largest absolute Gasteiger partial charge is 0.497 e. The van der Waals surface area contributed by atoms with Crippen LogP contribution in [0.3, 0.4) is 0 Å². The van der Waals surface area contributed by atoms with Crippen molar-refractivity contribution in [1.29, 1.82) is 0 Å². The van der Waals surface area contributed by atoms with E-state index in [0.717, 1.165) is 11.4 Å². The number of nitrogens with zero attached hydrogens (tertiary/aromatic N) is 1. The Balaban J connectivity index is 1.50. The number of amides is 3. The van der Waals surface area contributed by atoms with Crippen molar-refractivity contribution in [2.45, 2.75) is 50.8 Å². The van der Waals surface area contributed by atoms with Crippen molar-refractivity contribution < 1.29 is 19.4 Å². The maximum absolute atomic E-state index is 13.1. The number of hydrogen-bond acceptors (Lipinski definition) is 5. The van der Waals surface area contributed by atoms with Gasteiger partial charge in [0, 0.05) is 48.1 Å². The van der Waals surface area contributed by atoms with E-state index in [-0.39, 0.29) is 18.2 Å². The highest BCUT2D eigenvalue weighted by Crippen LogP contribution is 2.39. The summed E-state index contributed by atoms with van der Waals surface area (Å²) in [7, 11) is 1.56. The quantitative estimate of drug-likeness (QED) is 0.329. The molecule has 0 saturated heterocycles. The summed E-state index contributed by atoms with van der Waals surface area (Å²) >= 11 is 0. The minimum absolute atomic E-state index is 0.171. The number of H-pyrrole nitrogens is 1. The van der Waals surface area contributed by atoms with E-state index in [2.05, 4.69) is 25.9 Å². The second kappa shape index (κ2) is 11.3. The smallest absolute Gasteiger partial charge is 0.319 e. The molecule has 0 unspecified atom stereocenters. The Hall–Kier alpha value is -3.85. The number of methoxy groups -OCH3 is 1. The number of aromatic nitrogens is 2. The molecule has 0 aliphatic heterocycles. The molecule has 4 rings (SSSR count). The second-order valence-corrected chi connectivity index (χ2v) is 9.38. The SMILES string of the molecule is COc1cccc(NC(=O)N[C@@H]2C[C@H](C(=O)NCc3ccccc3)[C@@H](O)[C@H]2c2cnc(C(C)C)[nH]2)c1. The van der Waals surface area contributed by atoms with Gasteiger partial charge >= 0.3 is 6.03 Å². The van der Waals surface area contributed by atoms with Gasteiger partial charge < -0.3 is 30.8 Å². The fourth-order valence-corrected chi connectivity index (χ4v) is 4.63. The lowest BCUT2D eigenvalue weighted by atomic mass is 9.96. The van der Waals surface area contributed by atoms with Gasteiger partial charge in [-0.3, -0.25) is 4.79 Å². The van der Waals surface area contributed by atoms with E-state index in [4.69, 9.17) is 4.74 Å². The van der Waals surface area contributed by atoms with Crippen LogP contribution in [-0.2, 0) is 11.3 Å². The topological polar surface area (TPSA) is 128 Å². The van der Waals surface area contributed by atoms with Crippen molar-refractivity contribution in [2.75, 3.05) is 12.4 Å². The van der Waals surface area contributed by atoms with Crippen LogP contribution in [0.5, 0.6) is 5.75 Å². The summed E-state index contributed by atoms with van der Waals surface area (Å²) in [6.45, 7) is 4.40. The van der Waals surface area contributed by atoms with Crippen molar-refractivity contribution in [1.82, 2.24) is 20.6 Å². The fraction of sp³-hybridized carbons (Fsp3) is 0.370. The number of aliphatic hydroxyl groups excluding tert-OH is 1. The molecule has 5 N–H and O–H groups in total. The molecule has 0 bridgehead atoms. The number of imidazole rings is 1. The molecule has 0 spiro atoms. The van der Waals surface area contributed by atoms with E-state index < -0.39 is 30.0 Å². The third-order valence-electron chi connectivity index (χ3n) is 6.53. The molecule has 9 heteroatoms. The first-order valence-electron chi connectivity index (χ1n) is 12.1. The van der Waals surface area contributed by atoms with E-state index >= 15 is 0 Å². The normalized spacial score (nSPS) is 21.2. The van der Waals surface area contributed by atoms with Crippen LogP contribution in [0.25, 0.3) is 0 Å². The van der Waals surface area contributed by atoms with Gasteiger partial charge in [-0.2, -0.15) is 0 Å². The van der Waals surface area contributed by atoms with Crippen LogP contribution in [0.4, 0.5) is 10.5 Å². The molecule has 1 aliphatic rings. The van der Waals surface area contributed by atoms with Crippen molar-refractivity contribution in [3.8, 4) is 5.75 Å². The van der Waals surface area contributed by atoms with Crippen LogP contribution in [0.1, 0.15) is 49.2 Å². The zero-order valence-corrected chi connectivity index (χ0v) is 20.7. The number of ether oxygens (including phenoxy) is 1. The first kappa shape index (κ1) is 25.2. The Morgan fingerprint density at radius 3 is 2.64 bits per heavy atom. The van der Waals surface area contributed by atoms with Gasteiger partial charge in [0.05, 0.1) is 19.1 Å². The van der Waals surface area contributed by atoms with Gasteiger partial charge in [-0.15, -0.1) is 0 Å². The number of nitrogens with one attached hydrogen (secondary N) is 4. The van der Waals surface area contributed by atoms with Crippen molar-refractivity contribution in [3.63, 3.8) is 0 Å². The van der Waals surface area contributed by atoms with Gasteiger partial charge in [-0.25, -0.2) is 9.78 Å². The molecular formula is C27H33N5O4. The molecule has 190 valence electrons. The monoisotopic (exact) mass is 491 g/mol. The van der Waals surface area contributed by atoms with Crippen LogP contribution in [0.2, 0.25) is 0 Å². The Morgan fingerprint density at radius 2 is 1.94 bits per heavy atom. The summed E-state index contributed by atoms with van der Waals surface area (Å²) in [5.41, 5.74) is 2.23. The molecule has 1 fully saturated rings. The van der Waals surface area contributed by atoms with Crippen molar-refractivity contribution >= 4 is 17.6 Å². The maximum Gasteiger partial charge on any atom is 0.319 e. The number of aromatic amines is 1. The molecular weight excluding hydrogens is 458 g/mol. The second-order valence-electron chi connectivity index (χ2n) is 9.38. The lowest BCUT2D eigenvalue weighted by Crippen LogP contribution is -2.41. The number of hydrogen-bond donors (Lipinski definition) is 5. The van der Waals surface area contributed by atoms with E-state index in [0.29, 0.717) is 23.7 Å². The fourth-order valence-electron chi connectivity index (χ4n) is 4.63. The van der Waals surface area contributed by atoms with Crippen LogP contribution in [0.15, 0.2) is 60.8 Å². The van der Waals surface area contributed by atoms with Crippen molar-refractivity contribution in [3.05, 3.63) is 77.9 Å². The molecule has 9 nitrogen and oxygen atoms in total. The highest BCUT2D eigenvalue weighted by atomic mass is 16.5. The predicted octanol–water partition coefficient (Wildman–Crippen LogP) is 3.51. The average molecular weight is 492 g/mol. The van der Waals surface area contributed by atoms with Crippen molar-refractivity contribution in [2.24, 2.45) is 5.92 Å². The van der Waals surface area contributed by atoms with Gasteiger partial charge in [0.25, 0.3) is 0 Å². The summed E-state index contributed by atoms with van der Waals surface area (Å²) in [6.07, 6.45) is 0.971. The summed E-state index contributed by atoms with van der Waals surface area (Å²) in [4.78, 5) is 33.7. The number of carbonyl (C=O) groups is 2. The van der Waals surface area contributed by atoms with Crippen LogP contribution in [0, 0.1) is 5.92 Å². The van der Waals surface area contributed by atoms with Gasteiger partial charge in [0.15, 0.2) is 0 Å². The van der Waals surface area contributed by atoms with Crippen LogP contribution >= 0.6 is 0 Å². The van der Waals surface area contributed by atoms with Gasteiger partial charge in [-0.05, 0) is 24.1 Å². The number of aliphatic hydroxyl groups is 1. The zero-order chi connectivity index (χ0) is 25.7. The molecule has 1 heterocycles. The third kappa shape index (κ3) is 5.85. The Morgan fingerprint density at radius 1 is 1.17 bits per heavy atom. The molecule has 1 aromatic heterocycles. The molecule has 1 aliphatic carbocycles. The summed E-state index contributed by atoms with van der Waals surface area (Å²) < 4.78 is 5.22. The number of anilines is 1. The highest BCUT2D eigenvalue weighted by molar-refractivity contribution is 5.90. The molecule has 0 radical (unpaired) electrons. The third-order valence-corrected chi connectivity index (χ3v) is 6.53. The standard InChI is InChI=1S/C27H33N5O4/c1-16(2)25-28-15-22(31-25)23-21(32-27(35)30-18-10-7-11-19(12-18)36-3)13-20(24(23)33)26(34)29-14-17-8-5-4-6-9-17/h4-12,15-16,20-21,23-24,33H,13-14H2,1-3H3,(H,28,31)(H,29,34)(H2,30,32,35)/t20-,21+,23+,24+/m0/s1. The number of urea groups is 1. The number of rotatable bonds is 8. The lowest BCUT2D eigenvalue weighted by Gasteiger charge is -2.22. The van der Waals surface area contributed by atoms with Gasteiger partial charge in [0.1, 0.15) is 11.6 Å². The number of carbonyl (C=O) groups excluding carboxylic acids is 2. The Labute approximate surface area is 210 Å². The van der Waals surface area contributed by atoms with Gasteiger partial charge in [-0.1, -0.05) is 50.2 Å². The Bertz CT molecular complexity index is 1180. The number of benzene rings is 2. The van der Waals surface area contributed by atoms with Crippen LogP contribution < -0.4 is 20.7 Å². The molecule has 36 heavy (non-hydrogen) atoms. The maximum atomic E-state index is 13.1. The first-order valence-corrected chi connectivity index (χ1v) is 12.1. The average Bonchev–Trinajstić information content (AvgIpc) is 3.48. The van der Waals surface area contributed by atoms with Crippen LogP contribution in [-0.4, -0.2) is 46.3 Å². The first-order chi connectivity index (χ1) is 17.4. The van der Waals surface area contributed by atoms with E-state index in [1.807, 2.05) is 44.2 Å². The lowest BCUT2D eigenvalue weighted by molar-refractivity contribution is -0.127. The minimum Gasteiger partial charge on any atom is -0.497 e. The molecule has 1 saturated carbocycles. The summed E-state index contributed by atoms with van der Waals surface area (Å²) in [5.74, 6) is 0.118. The summed E-state index contributed by atoms with van der Waals surface area (Å²) in [5, 5.41) is 20.0. The zero-order valence-electron chi connectivity index (χ0n) is 20.7. The predicted molar refractivity (Wildman–Crippen MR) is 137 cm³/mol. The van der Waals surface area contributed by atoms with E-state index in [9.17, 15) is 14.7 Å². The van der Waals surface area contributed by atoms with E-state index in [1.54, 1.807) is 37.6 Å². The molecule has 2 aromatic carbocycles. The summed E-state index contributed by atoms with van der Waals surface area (Å²) in [6, 6.07) is 15.7. The molecule has 4 atom stereocenters. The van der Waals surface area contributed by atoms with Gasteiger partial charge in [0.2, 0.25) is 5.91 Å². The molecule has 3 aromatic rings.